The Kier molecular flexibility index (Phi) is 3.69. The summed E-state index contributed by atoms with van der Waals surface area (Å²) < 4.78 is 48.6. The minimum Gasteiger partial charge on any atom is -0.496 e. The van der Waals surface area contributed by atoms with E-state index in [-0.39, 0.29) is 22.8 Å². The molecule has 2 rings (SSSR count). The summed E-state index contributed by atoms with van der Waals surface area (Å²) in [6.45, 7) is 0. The monoisotopic (exact) mass is 285 g/mol. The predicted octanol–water partition coefficient (Wildman–Crippen LogP) is 3.78. The van der Waals surface area contributed by atoms with Crippen LogP contribution in [0.1, 0.15) is 11.3 Å². The minimum absolute atomic E-state index is 0.229. The second-order valence-corrected chi connectivity index (χ2v) is 3.86. The molecular formula is C13H10F3NO3. The number of alkyl halides is 3. The Labute approximate surface area is 112 Å². The van der Waals surface area contributed by atoms with E-state index >= 15 is 0 Å². The van der Waals surface area contributed by atoms with Crippen LogP contribution in [0.3, 0.4) is 0 Å². The van der Waals surface area contributed by atoms with E-state index in [1.54, 1.807) is 0 Å². The highest BCUT2D eigenvalue weighted by molar-refractivity contribution is 5.77. The first kappa shape index (κ1) is 14.0. The number of ether oxygens (including phenoxy) is 1. The molecule has 0 spiro atoms. The lowest BCUT2D eigenvalue weighted by molar-refractivity contribution is -0.138. The summed E-state index contributed by atoms with van der Waals surface area (Å²) >= 11 is 0. The summed E-state index contributed by atoms with van der Waals surface area (Å²) in [6.07, 6.45) is -3.49. The summed E-state index contributed by atoms with van der Waals surface area (Å²) in [4.78, 5) is 0. The van der Waals surface area contributed by atoms with Crippen LogP contribution in [-0.4, -0.2) is 18.5 Å². The maximum Gasteiger partial charge on any atom is 0.419 e. The van der Waals surface area contributed by atoms with Crippen molar-refractivity contribution in [2.75, 3.05) is 7.11 Å². The Morgan fingerprint density at radius 1 is 1.25 bits per heavy atom. The molecule has 0 unspecified atom stereocenters. The molecule has 0 bridgehead atoms. The van der Waals surface area contributed by atoms with Gasteiger partial charge in [0.05, 0.1) is 12.7 Å². The third-order valence-electron chi connectivity index (χ3n) is 2.60. The average molecular weight is 285 g/mol. The molecule has 0 aliphatic carbocycles. The fourth-order valence-corrected chi connectivity index (χ4v) is 1.72. The Morgan fingerprint density at radius 2 is 2.00 bits per heavy atom. The highest BCUT2D eigenvalue weighted by Crippen LogP contribution is 2.38. The van der Waals surface area contributed by atoms with Gasteiger partial charge in [0, 0.05) is 5.56 Å². The van der Waals surface area contributed by atoms with E-state index in [4.69, 9.17) is 14.4 Å². The Balaban J connectivity index is 2.47. The summed E-state index contributed by atoms with van der Waals surface area (Å²) in [5.74, 6) is 0.199. The Bertz CT molecular complexity index is 632. The van der Waals surface area contributed by atoms with E-state index in [9.17, 15) is 13.2 Å². The molecule has 7 heteroatoms. The number of oxime groups is 1. The lowest BCUT2D eigenvalue weighted by Crippen LogP contribution is -2.07. The molecule has 0 fully saturated rings. The van der Waals surface area contributed by atoms with Crippen LogP contribution >= 0.6 is 0 Å². The first-order valence-corrected chi connectivity index (χ1v) is 5.48. The van der Waals surface area contributed by atoms with Crippen molar-refractivity contribution in [3.8, 4) is 17.1 Å². The van der Waals surface area contributed by atoms with Crippen LogP contribution in [0.25, 0.3) is 11.3 Å². The van der Waals surface area contributed by atoms with Crippen molar-refractivity contribution in [2.24, 2.45) is 5.16 Å². The van der Waals surface area contributed by atoms with Crippen LogP contribution in [0, 0.1) is 0 Å². The number of halogens is 3. The number of benzene rings is 1. The summed E-state index contributed by atoms with van der Waals surface area (Å²) in [5, 5.41) is 11.1. The van der Waals surface area contributed by atoms with Gasteiger partial charge in [0.25, 0.3) is 0 Å². The van der Waals surface area contributed by atoms with Gasteiger partial charge in [-0.25, -0.2) is 0 Å². The van der Waals surface area contributed by atoms with Crippen molar-refractivity contribution in [3.63, 3.8) is 0 Å². The number of methoxy groups -OCH3 is 1. The van der Waals surface area contributed by atoms with Crippen LogP contribution in [0.2, 0.25) is 0 Å². The van der Waals surface area contributed by atoms with Crippen molar-refractivity contribution in [2.45, 2.75) is 6.18 Å². The first-order chi connectivity index (χ1) is 9.45. The number of hydrogen-bond acceptors (Lipinski definition) is 4. The van der Waals surface area contributed by atoms with Gasteiger partial charge in [-0.05, 0) is 30.3 Å². The molecule has 1 heterocycles. The molecule has 0 radical (unpaired) electrons. The third kappa shape index (κ3) is 2.76. The van der Waals surface area contributed by atoms with Crippen LogP contribution in [0.4, 0.5) is 13.2 Å². The van der Waals surface area contributed by atoms with Crippen molar-refractivity contribution < 1.29 is 27.5 Å². The molecular weight excluding hydrogens is 275 g/mol. The van der Waals surface area contributed by atoms with E-state index in [1.165, 1.54) is 31.4 Å². The standard InChI is InChI=1S/C13H10F3NO3/c1-19-12-4-2-8(6-10(12)13(14,15)16)11-5-3-9(20-11)7-17-18/h2-7,18H,1H3/b17-7+. The van der Waals surface area contributed by atoms with E-state index in [1.807, 2.05) is 0 Å². The normalized spacial score (nSPS) is 12.0. The van der Waals surface area contributed by atoms with Crippen molar-refractivity contribution in [1.29, 1.82) is 0 Å². The fraction of sp³-hybridized carbons (Fsp3) is 0.154. The summed E-state index contributed by atoms with van der Waals surface area (Å²) in [7, 11) is 1.17. The highest BCUT2D eigenvalue weighted by Gasteiger charge is 2.34. The first-order valence-electron chi connectivity index (χ1n) is 5.48. The SMILES string of the molecule is COc1ccc(-c2ccc(/C=N/O)o2)cc1C(F)(F)F. The van der Waals surface area contributed by atoms with Gasteiger partial charge in [0.1, 0.15) is 23.5 Å². The molecule has 2 aromatic rings. The van der Waals surface area contributed by atoms with Gasteiger partial charge in [-0.1, -0.05) is 5.16 Å². The number of hydrogen-bond donors (Lipinski definition) is 1. The third-order valence-corrected chi connectivity index (χ3v) is 2.60. The molecule has 20 heavy (non-hydrogen) atoms. The zero-order chi connectivity index (χ0) is 14.8. The molecule has 106 valence electrons. The number of rotatable bonds is 3. The van der Waals surface area contributed by atoms with Crippen LogP contribution in [0.15, 0.2) is 39.9 Å². The smallest absolute Gasteiger partial charge is 0.419 e. The lowest BCUT2D eigenvalue weighted by atomic mass is 10.1. The highest BCUT2D eigenvalue weighted by atomic mass is 19.4. The lowest BCUT2D eigenvalue weighted by Gasteiger charge is -2.12. The second-order valence-electron chi connectivity index (χ2n) is 3.86. The topological polar surface area (TPSA) is 55.0 Å². The van der Waals surface area contributed by atoms with Crippen LogP contribution in [0.5, 0.6) is 5.75 Å². The second kappa shape index (κ2) is 5.28. The van der Waals surface area contributed by atoms with Gasteiger partial charge in [-0.15, -0.1) is 0 Å². The van der Waals surface area contributed by atoms with E-state index in [2.05, 4.69) is 5.16 Å². The molecule has 0 atom stereocenters. The maximum atomic E-state index is 12.9. The van der Waals surface area contributed by atoms with Crippen LogP contribution < -0.4 is 4.74 Å². The van der Waals surface area contributed by atoms with E-state index in [0.29, 0.717) is 0 Å². The summed E-state index contributed by atoms with van der Waals surface area (Å²) in [5.41, 5.74) is -0.637. The molecule has 1 aromatic heterocycles. The Morgan fingerprint density at radius 3 is 2.60 bits per heavy atom. The fourth-order valence-electron chi connectivity index (χ4n) is 1.72. The quantitative estimate of drug-likeness (QED) is 0.530. The molecule has 1 N–H and O–H groups in total. The van der Waals surface area contributed by atoms with Gasteiger partial charge >= 0.3 is 6.18 Å². The molecule has 0 saturated heterocycles. The van der Waals surface area contributed by atoms with E-state index in [0.717, 1.165) is 12.3 Å². The Hall–Kier alpha value is -2.44. The molecule has 0 amide bonds. The van der Waals surface area contributed by atoms with Gasteiger partial charge in [-0.3, -0.25) is 0 Å². The number of furan rings is 1. The van der Waals surface area contributed by atoms with Gasteiger partial charge in [0.15, 0.2) is 0 Å². The van der Waals surface area contributed by atoms with E-state index < -0.39 is 11.7 Å². The van der Waals surface area contributed by atoms with Crippen molar-refractivity contribution >= 4 is 6.21 Å². The molecule has 4 nitrogen and oxygen atoms in total. The number of nitrogens with zero attached hydrogens (tertiary/aromatic N) is 1. The van der Waals surface area contributed by atoms with Crippen LogP contribution in [-0.2, 0) is 6.18 Å². The molecule has 0 aliphatic heterocycles. The molecule has 0 saturated carbocycles. The molecule has 0 aliphatic rings. The zero-order valence-electron chi connectivity index (χ0n) is 10.3. The van der Waals surface area contributed by atoms with Gasteiger partial charge < -0.3 is 14.4 Å². The zero-order valence-corrected chi connectivity index (χ0v) is 10.3. The molecule has 1 aromatic carbocycles. The minimum atomic E-state index is -4.52. The van der Waals surface area contributed by atoms with Gasteiger partial charge in [-0.2, -0.15) is 13.2 Å². The summed E-state index contributed by atoms with van der Waals surface area (Å²) in [6, 6.07) is 6.58. The largest absolute Gasteiger partial charge is 0.496 e. The van der Waals surface area contributed by atoms with Crippen molar-refractivity contribution in [3.05, 3.63) is 41.7 Å². The average Bonchev–Trinajstić information content (AvgIpc) is 2.86. The van der Waals surface area contributed by atoms with Gasteiger partial charge in [0.2, 0.25) is 0 Å². The predicted molar refractivity (Wildman–Crippen MR) is 65.1 cm³/mol. The maximum absolute atomic E-state index is 12.9. The van der Waals surface area contributed by atoms with Crippen molar-refractivity contribution in [1.82, 2.24) is 0 Å².